The number of allylic oxidation sites excluding steroid dienone is 1. The second kappa shape index (κ2) is 9.27. The van der Waals surface area contributed by atoms with Gasteiger partial charge >= 0.3 is 0 Å². The summed E-state index contributed by atoms with van der Waals surface area (Å²) in [4.78, 5) is 6.43. The second-order valence-electron chi connectivity index (χ2n) is 7.90. The highest BCUT2D eigenvalue weighted by Crippen LogP contribution is 2.39. The van der Waals surface area contributed by atoms with E-state index in [0.29, 0.717) is 27.9 Å². The van der Waals surface area contributed by atoms with Crippen LogP contribution >= 0.6 is 12.2 Å². The highest BCUT2D eigenvalue weighted by Gasteiger charge is 2.34. The topological polar surface area (TPSA) is 63.4 Å². The Morgan fingerprint density at radius 3 is 2.20 bits per heavy atom. The lowest BCUT2D eigenvalue weighted by Crippen LogP contribution is -2.46. The zero-order chi connectivity index (χ0) is 24.5. The quantitative estimate of drug-likeness (QED) is 0.350. The molecule has 0 saturated heterocycles. The predicted octanol–water partition coefficient (Wildman–Crippen LogP) is 5.89. The van der Waals surface area contributed by atoms with Gasteiger partial charge in [0.25, 0.3) is 5.89 Å². The van der Waals surface area contributed by atoms with Gasteiger partial charge in [-0.3, -0.25) is 4.90 Å². The van der Waals surface area contributed by atoms with Crippen LogP contribution in [-0.4, -0.2) is 22.4 Å². The van der Waals surface area contributed by atoms with Crippen molar-refractivity contribution in [1.29, 1.82) is 0 Å². The van der Waals surface area contributed by atoms with Gasteiger partial charge in [-0.1, -0.05) is 17.3 Å². The van der Waals surface area contributed by atoms with Crippen LogP contribution in [0, 0.1) is 11.6 Å². The van der Waals surface area contributed by atoms with Crippen molar-refractivity contribution in [2.45, 2.75) is 13.0 Å². The molecule has 1 aromatic heterocycles. The molecule has 1 unspecified atom stereocenters. The van der Waals surface area contributed by atoms with Crippen molar-refractivity contribution in [2.24, 2.45) is 0 Å². The summed E-state index contributed by atoms with van der Waals surface area (Å²) in [6, 6.07) is 19.0. The van der Waals surface area contributed by atoms with Gasteiger partial charge in [0, 0.05) is 16.9 Å². The van der Waals surface area contributed by atoms with Crippen LogP contribution in [-0.2, 0) is 0 Å². The third-order valence-electron chi connectivity index (χ3n) is 5.78. The first kappa shape index (κ1) is 22.7. The molecule has 0 aliphatic carbocycles. The van der Waals surface area contributed by atoms with Crippen molar-refractivity contribution in [3.8, 4) is 17.1 Å². The molecule has 1 N–H and O–H groups in total. The number of anilines is 1. The summed E-state index contributed by atoms with van der Waals surface area (Å²) < 4.78 is 38.1. The van der Waals surface area contributed by atoms with Gasteiger partial charge in [-0.25, -0.2) is 8.78 Å². The van der Waals surface area contributed by atoms with Crippen molar-refractivity contribution >= 4 is 28.6 Å². The van der Waals surface area contributed by atoms with Crippen molar-refractivity contribution in [2.75, 3.05) is 12.0 Å². The van der Waals surface area contributed by atoms with E-state index < -0.39 is 6.04 Å². The van der Waals surface area contributed by atoms with Crippen LogP contribution < -0.4 is 15.0 Å². The van der Waals surface area contributed by atoms with Gasteiger partial charge in [-0.2, -0.15) is 4.98 Å². The lowest BCUT2D eigenvalue weighted by Gasteiger charge is -2.37. The molecule has 0 bridgehead atoms. The van der Waals surface area contributed by atoms with Gasteiger partial charge in [0.1, 0.15) is 17.4 Å². The molecule has 176 valence electrons. The fraction of sp³-hybridized carbons (Fsp3) is 0.115. The Balaban J connectivity index is 1.62. The number of hydrogen-bond donors (Lipinski definition) is 1. The number of nitrogens with zero attached hydrogens (tertiary/aromatic N) is 3. The first-order valence-electron chi connectivity index (χ1n) is 10.8. The Hall–Kier alpha value is -4.11. The first-order valence-corrected chi connectivity index (χ1v) is 11.2. The highest BCUT2D eigenvalue weighted by molar-refractivity contribution is 7.80. The van der Waals surface area contributed by atoms with E-state index in [2.05, 4.69) is 15.5 Å². The van der Waals surface area contributed by atoms with Crippen LogP contribution in [0.4, 0.5) is 14.5 Å². The fourth-order valence-electron chi connectivity index (χ4n) is 4.02. The van der Waals surface area contributed by atoms with Crippen molar-refractivity contribution in [1.82, 2.24) is 15.5 Å². The smallest absolute Gasteiger partial charge is 0.258 e. The molecule has 0 amide bonds. The predicted molar refractivity (Wildman–Crippen MR) is 133 cm³/mol. The molecule has 6 nitrogen and oxygen atoms in total. The second-order valence-corrected chi connectivity index (χ2v) is 8.28. The van der Waals surface area contributed by atoms with Crippen LogP contribution in [0.3, 0.4) is 0 Å². The molecule has 5 rings (SSSR count). The Morgan fingerprint density at radius 2 is 1.57 bits per heavy atom. The third kappa shape index (κ3) is 4.38. The molecular formula is C26H20F2N4O2S. The zero-order valence-electron chi connectivity index (χ0n) is 18.8. The summed E-state index contributed by atoms with van der Waals surface area (Å²) in [5, 5.41) is 7.87. The Morgan fingerprint density at radius 1 is 0.943 bits per heavy atom. The maximum atomic E-state index is 13.6. The van der Waals surface area contributed by atoms with Crippen molar-refractivity contribution in [3.05, 3.63) is 102 Å². The number of ether oxygens (including phenoxy) is 1. The molecule has 0 radical (unpaired) electrons. The molecule has 9 heteroatoms. The normalized spacial score (nSPS) is 15.8. The molecule has 0 saturated carbocycles. The summed E-state index contributed by atoms with van der Waals surface area (Å²) in [6.07, 6.45) is 0. The number of methoxy groups -OCH3 is 1. The summed E-state index contributed by atoms with van der Waals surface area (Å²) in [5.74, 6) is 0.706. The van der Waals surface area contributed by atoms with E-state index >= 15 is 0 Å². The van der Waals surface area contributed by atoms with Gasteiger partial charge in [-0.15, -0.1) is 0 Å². The number of benzene rings is 3. The van der Waals surface area contributed by atoms with Crippen LogP contribution in [0.1, 0.15) is 24.4 Å². The SMILES string of the molecule is COc1ccc(-c2noc(C3=C(C)N(c4ccc(F)cc4)C(=S)NC3c3ccc(F)cc3)n2)cc1. The van der Waals surface area contributed by atoms with Crippen molar-refractivity contribution in [3.63, 3.8) is 0 Å². The maximum absolute atomic E-state index is 13.6. The standard InChI is InChI=1S/C26H20F2N4O2S/c1-15-22(25-30-24(31-34-25)17-5-13-21(33-2)14-6-17)23(16-3-7-18(27)8-4-16)29-26(35)32(15)20-11-9-19(28)10-12-20/h3-14,23H,1-2H3,(H,29,35). The molecule has 1 aliphatic rings. The van der Waals surface area contributed by atoms with E-state index in [1.807, 2.05) is 31.2 Å². The zero-order valence-corrected chi connectivity index (χ0v) is 19.6. The minimum absolute atomic E-state index is 0.282. The average Bonchev–Trinajstić information content (AvgIpc) is 3.35. The molecule has 1 aliphatic heterocycles. The van der Waals surface area contributed by atoms with Crippen LogP contribution in [0.2, 0.25) is 0 Å². The molecule has 0 fully saturated rings. The Labute approximate surface area is 205 Å². The molecule has 1 atom stereocenters. The third-order valence-corrected chi connectivity index (χ3v) is 6.08. The molecule has 3 aromatic carbocycles. The van der Waals surface area contributed by atoms with Crippen LogP contribution in [0.15, 0.2) is 83.0 Å². The van der Waals surface area contributed by atoms with E-state index in [4.69, 9.17) is 21.5 Å². The molecule has 4 aromatic rings. The minimum Gasteiger partial charge on any atom is -0.497 e. The number of hydrogen-bond acceptors (Lipinski definition) is 5. The molecule has 2 heterocycles. The first-order chi connectivity index (χ1) is 16.9. The number of nitrogens with one attached hydrogen (secondary N) is 1. The summed E-state index contributed by atoms with van der Waals surface area (Å²) in [7, 11) is 1.60. The average molecular weight is 491 g/mol. The summed E-state index contributed by atoms with van der Waals surface area (Å²) >= 11 is 5.66. The van der Waals surface area contributed by atoms with Gasteiger partial charge in [-0.05, 0) is 85.4 Å². The van der Waals surface area contributed by atoms with E-state index in [9.17, 15) is 8.78 Å². The number of aromatic nitrogens is 2. The van der Waals surface area contributed by atoms with E-state index in [1.54, 1.807) is 36.3 Å². The maximum Gasteiger partial charge on any atom is 0.258 e. The van der Waals surface area contributed by atoms with Gasteiger partial charge in [0.15, 0.2) is 5.11 Å². The van der Waals surface area contributed by atoms with Gasteiger partial charge in [0.2, 0.25) is 5.82 Å². The number of halogens is 2. The Bertz CT molecular complexity index is 1400. The molecule has 35 heavy (non-hydrogen) atoms. The van der Waals surface area contributed by atoms with Crippen LogP contribution in [0.25, 0.3) is 17.0 Å². The van der Waals surface area contributed by atoms with Crippen molar-refractivity contribution < 1.29 is 18.0 Å². The van der Waals surface area contributed by atoms with Crippen LogP contribution in [0.5, 0.6) is 5.75 Å². The number of rotatable bonds is 5. The van der Waals surface area contributed by atoms with Gasteiger partial charge in [0.05, 0.1) is 18.7 Å². The van der Waals surface area contributed by atoms with Gasteiger partial charge < -0.3 is 14.6 Å². The lowest BCUT2D eigenvalue weighted by molar-refractivity contribution is 0.404. The highest BCUT2D eigenvalue weighted by atomic mass is 32.1. The Kier molecular flexibility index (Phi) is 6.00. The monoisotopic (exact) mass is 490 g/mol. The van der Waals surface area contributed by atoms with E-state index in [-0.39, 0.29) is 17.5 Å². The minimum atomic E-state index is -0.469. The fourth-order valence-corrected chi connectivity index (χ4v) is 4.38. The largest absolute Gasteiger partial charge is 0.497 e. The molecular weight excluding hydrogens is 470 g/mol. The summed E-state index contributed by atoms with van der Waals surface area (Å²) in [5.41, 5.74) is 3.59. The number of thiocarbonyl (C=S) groups is 1. The lowest BCUT2D eigenvalue weighted by atomic mass is 9.94. The van der Waals surface area contributed by atoms with E-state index in [1.165, 1.54) is 24.3 Å². The summed E-state index contributed by atoms with van der Waals surface area (Å²) in [6.45, 7) is 1.87. The van der Waals surface area contributed by atoms with E-state index in [0.717, 1.165) is 16.8 Å². The molecule has 0 spiro atoms.